The van der Waals surface area contributed by atoms with Crippen LogP contribution in [0.3, 0.4) is 0 Å². The van der Waals surface area contributed by atoms with Crippen LogP contribution in [0.5, 0.6) is 0 Å². The highest BCUT2D eigenvalue weighted by atomic mass is 31.2. The van der Waals surface area contributed by atoms with Crippen LogP contribution in [-0.2, 0) is 32.7 Å². The fraction of sp³-hybridized carbons (Fsp3) is 0.629. The zero-order valence-electron chi connectivity index (χ0n) is 51.5. The third-order valence-electron chi connectivity index (χ3n) is 12.9. The topological polar surface area (TPSA) is 111 Å². The molecule has 0 aromatic carbocycles. The summed E-state index contributed by atoms with van der Waals surface area (Å²) < 4.78 is 34.2. The third-order valence-corrected chi connectivity index (χ3v) is 13.8. The SMILES string of the molecule is CC/C=C\C/C=C\C/C=C\C/C=C\C/C=C\C/C=C\C/C=C\C/C=C\CCCCCCCCCCCCCCC(=O)OC(COC(=O)CCCCCCCC/C=C\C/C=C\C/C=C\C/C=C\CC)COP(=O)([O-])OCC[N+](C)(C)C. The first kappa shape index (κ1) is 75.9. The van der Waals surface area contributed by atoms with Crippen LogP contribution in [0.25, 0.3) is 0 Å². The van der Waals surface area contributed by atoms with Gasteiger partial charge in [-0.2, -0.15) is 0 Å². The molecule has 0 radical (unpaired) electrons. The number of likely N-dealkylation sites (N-methyl/N-ethyl adjacent to an activating group) is 1. The Hall–Kier alpha value is -4.11. The van der Waals surface area contributed by atoms with Crippen molar-refractivity contribution in [3.05, 3.63) is 146 Å². The maximum Gasteiger partial charge on any atom is 0.306 e. The van der Waals surface area contributed by atoms with Crippen LogP contribution in [0.15, 0.2) is 146 Å². The lowest BCUT2D eigenvalue weighted by atomic mass is 10.0. The van der Waals surface area contributed by atoms with E-state index >= 15 is 0 Å². The quantitative estimate of drug-likeness (QED) is 0.0195. The van der Waals surface area contributed by atoms with Gasteiger partial charge in [0.15, 0.2) is 6.10 Å². The Bertz CT molecular complexity index is 1860. The van der Waals surface area contributed by atoms with Crippen molar-refractivity contribution in [3.63, 3.8) is 0 Å². The highest BCUT2D eigenvalue weighted by molar-refractivity contribution is 7.45. The average molecular weight is 1130 g/mol. The van der Waals surface area contributed by atoms with Gasteiger partial charge in [0.05, 0.1) is 27.7 Å². The number of nitrogens with zero attached hydrogens (tertiary/aromatic N) is 1. The molecule has 80 heavy (non-hydrogen) atoms. The van der Waals surface area contributed by atoms with Crippen LogP contribution < -0.4 is 4.89 Å². The lowest BCUT2D eigenvalue weighted by Crippen LogP contribution is -2.37. The number of phosphoric ester groups is 1. The van der Waals surface area contributed by atoms with Gasteiger partial charge in [0, 0.05) is 12.8 Å². The van der Waals surface area contributed by atoms with E-state index in [0.717, 1.165) is 141 Å². The number of carbonyl (C=O) groups excluding carboxylic acids is 2. The van der Waals surface area contributed by atoms with Crippen molar-refractivity contribution in [2.45, 2.75) is 238 Å². The van der Waals surface area contributed by atoms with Crippen LogP contribution >= 0.6 is 7.82 Å². The van der Waals surface area contributed by atoms with Crippen LogP contribution in [0, 0.1) is 0 Å². The van der Waals surface area contributed by atoms with E-state index in [1.54, 1.807) is 0 Å². The number of hydrogen-bond acceptors (Lipinski definition) is 8. The summed E-state index contributed by atoms with van der Waals surface area (Å²) in [5.41, 5.74) is 0. The van der Waals surface area contributed by atoms with Crippen molar-refractivity contribution < 1.29 is 42.1 Å². The summed E-state index contributed by atoms with van der Waals surface area (Å²) in [6.07, 6.45) is 87.6. The molecule has 9 nitrogen and oxygen atoms in total. The van der Waals surface area contributed by atoms with E-state index in [4.69, 9.17) is 18.5 Å². The van der Waals surface area contributed by atoms with Crippen molar-refractivity contribution in [1.82, 2.24) is 0 Å². The Labute approximate surface area is 491 Å². The molecule has 2 atom stereocenters. The molecule has 0 aromatic rings. The van der Waals surface area contributed by atoms with Crippen molar-refractivity contribution in [1.29, 1.82) is 0 Å². The minimum absolute atomic E-state index is 0.0408. The summed E-state index contributed by atoms with van der Waals surface area (Å²) in [6, 6.07) is 0. The molecule has 0 saturated carbocycles. The molecule has 0 bridgehead atoms. The molecule has 0 aliphatic carbocycles. The maximum absolute atomic E-state index is 12.8. The van der Waals surface area contributed by atoms with E-state index in [-0.39, 0.29) is 26.1 Å². The molecule has 454 valence electrons. The number of allylic oxidation sites excluding steroid dienone is 24. The molecule has 0 spiro atoms. The molecule has 0 aromatic heterocycles. The monoisotopic (exact) mass is 1130 g/mol. The van der Waals surface area contributed by atoms with Crippen LogP contribution in [0.1, 0.15) is 232 Å². The van der Waals surface area contributed by atoms with E-state index in [1.807, 2.05) is 21.1 Å². The number of phosphoric acid groups is 1. The van der Waals surface area contributed by atoms with E-state index in [1.165, 1.54) is 51.4 Å². The van der Waals surface area contributed by atoms with Crippen LogP contribution in [-0.4, -0.2) is 70.0 Å². The fourth-order valence-corrected chi connectivity index (χ4v) is 8.80. The number of ether oxygens (including phenoxy) is 2. The Kier molecular flexibility index (Phi) is 56.5. The second kappa shape index (κ2) is 59.5. The number of esters is 2. The number of quaternary nitrogens is 1. The van der Waals surface area contributed by atoms with Gasteiger partial charge in [-0.15, -0.1) is 0 Å². The fourth-order valence-electron chi connectivity index (χ4n) is 8.07. The number of hydrogen-bond donors (Lipinski definition) is 0. The first-order valence-corrected chi connectivity index (χ1v) is 33.0. The smallest absolute Gasteiger partial charge is 0.306 e. The van der Waals surface area contributed by atoms with Crippen molar-refractivity contribution in [2.24, 2.45) is 0 Å². The Morgan fingerprint density at radius 1 is 0.388 bits per heavy atom. The minimum Gasteiger partial charge on any atom is -0.756 e. The highest BCUT2D eigenvalue weighted by Gasteiger charge is 2.22. The zero-order valence-corrected chi connectivity index (χ0v) is 52.4. The number of unbranched alkanes of at least 4 members (excludes halogenated alkanes) is 18. The molecule has 0 fully saturated rings. The second-order valence-corrected chi connectivity index (χ2v) is 23.1. The normalized spacial score (nSPS) is 14.2. The summed E-state index contributed by atoms with van der Waals surface area (Å²) in [4.78, 5) is 37.9. The van der Waals surface area contributed by atoms with Gasteiger partial charge < -0.3 is 27.9 Å². The molecule has 0 saturated heterocycles. The Morgan fingerprint density at radius 3 is 1.00 bits per heavy atom. The number of carbonyl (C=O) groups is 2. The molecule has 0 aliphatic rings. The zero-order chi connectivity index (χ0) is 58.4. The standard InChI is InChI=1S/C70H116NO8P/c1-6-8-10-12-14-16-18-20-22-24-26-27-28-29-30-31-32-33-34-35-36-37-38-39-40-41-42-43-45-47-49-51-53-55-57-59-61-63-70(73)79-68(67-78-80(74,75)77-65-64-71(3,4)5)66-76-69(72)62-60-58-56-54-52-50-48-46-44-25-23-21-19-17-15-13-11-9-7-2/h8-11,14-17,20-23,26-27,29-30,32-33,35-36,38-39,44,46,68H,6-7,12-13,18-19,24-25,28,31,34,37,40-43,45,47-67H2,1-5H3/b10-8-,11-9-,16-14-,17-15-,22-20-,23-21-,27-26-,30-29-,33-32-,36-35-,39-38-,46-44-. The van der Waals surface area contributed by atoms with E-state index in [9.17, 15) is 19.0 Å². The van der Waals surface area contributed by atoms with Crippen molar-refractivity contribution >= 4 is 19.8 Å². The number of rotatable bonds is 56. The van der Waals surface area contributed by atoms with E-state index in [0.29, 0.717) is 23.9 Å². The van der Waals surface area contributed by atoms with E-state index in [2.05, 4.69) is 160 Å². The van der Waals surface area contributed by atoms with Gasteiger partial charge in [-0.05, 0) is 116 Å². The predicted octanol–water partition coefficient (Wildman–Crippen LogP) is 19.6. The summed E-state index contributed by atoms with van der Waals surface area (Å²) in [6.45, 7) is 3.98. The predicted molar refractivity (Wildman–Crippen MR) is 341 cm³/mol. The van der Waals surface area contributed by atoms with Crippen LogP contribution in [0.4, 0.5) is 0 Å². The third kappa shape index (κ3) is 63.1. The van der Waals surface area contributed by atoms with Gasteiger partial charge in [-0.3, -0.25) is 14.2 Å². The molecule has 0 N–H and O–H groups in total. The lowest BCUT2D eigenvalue weighted by molar-refractivity contribution is -0.870. The molecule has 2 unspecified atom stereocenters. The van der Waals surface area contributed by atoms with Crippen molar-refractivity contribution in [2.75, 3.05) is 47.5 Å². The first-order chi connectivity index (χ1) is 39.0. The largest absolute Gasteiger partial charge is 0.756 e. The van der Waals surface area contributed by atoms with Gasteiger partial charge in [-0.25, -0.2) is 0 Å². The second-order valence-electron chi connectivity index (χ2n) is 21.7. The van der Waals surface area contributed by atoms with Gasteiger partial charge in [0.1, 0.15) is 19.8 Å². The van der Waals surface area contributed by atoms with E-state index < -0.39 is 32.5 Å². The van der Waals surface area contributed by atoms with Gasteiger partial charge in [-0.1, -0.05) is 250 Å². The molecule has 0 amide bonds. The molecule has 0 heterocycles. The average Bonchev–Trinajstić information content (AvgIpc) is 3.42. The van der Waals surface area contributed by atoms with Gasteiger partial charge in [0.25, 0.3) is 7.82 Å². The molecule has 0 aliphatic heterocycles. The minimum atomic E-state index is -4.65. The molecule has 10 heteroatoms. The summed E-state index contributed by atoms with van der Waals surface area (Å²) in [5.74, 6) is -0.859. The molecular weight excluding hydrogens is 1010 g/mol. The Morgan fingerprint density at radius 2 is 0.675 bits per heavy atom. The van der Waals surface area contributed by atoms with Gasteiger partial charge >= 0.3 is 11.9 Å². The van der Waals surface area contributed by atoms with Crippen LogP contribution in [0.2, 0.25) is 0 Å². The summed E-state index contributed by atoms with van der Waals surface area (Å²) in [5, 5.41) is 0. The molecule has 0 rings (SSSR count). The first-order valence-electron chi connectivity index (χ1n) is 31.5. The maximum atomic E-state index is 12.8. The lowest BCUT2D eigenvalue weighted by Gasteiger charge is -2.28. The molecular formula is C70H116NO8P. The van der Waals surface area contributed by atoms with Crippen molar-refractivity contribution in [3.8, 4) is 0 Å². The summed E-state index contributed by atoms with van der Waals surface area (Å²) >= 11 is 0. The summed E-state index contributed by atoms with van der Waals surface area (Å²) in [7, 11) is 1.14. The highest BCUT2D eigenvalue weighted by Crippen LogP contribution is 2.38. The van der Waals surface area contributed by atoms with Gasteiger partial charge in [0.2, 0.25) is 0 Å². The Balaban J connectivity index is 4.13.